The molecule has 2 rings (SSSR count). The average molecular weight is 203 g/mol. The van der Waals surface area contributed by atoms with Gasteiger partial charge in [0, 0.05) is 5.39 Å². The summed E-state index contributed by atoms with van der Waals surface area (Å²) < 4.78 is 5.50. The van der Waals surface area contributed by atoms with Gasteiger partial charge in [-0.05, 0) is 30.5 Å². The Bertz CT molecular complexity index is 429. The van der Waals surface area contributed by atoms with E-state index in [9.17, 15) is 0 Å². The third-order valence-corrected chi connectivity index (χ3v) is 2.98. The summed E-state index contributed by atoms with van der Waals surface area (Å²) in [5, 5.41) is 1.23. The van der Waals surface area contributed by atoms with Crippen molar-refractivity contribution in [2.45, 2.75) is 19.8 Å². The molecule has 1 unspecified atom stereocenters. The van der Waals surface area contributed by atoms with E-state index in [1.807, 2.05) is 24.5 Å². The van der Waals surface area contributed by atoms with Crippen LogP contribution in [0.15, 0.2) is 34.9 Å². The topological polar surface area (TPSA) is 39.2 Å². The van der Waals surface area contributed by atoms with Gasteiger partial charge in [0.1, 0.15) is 5.58 Å². The van der Waals surface area contributed by atoms with Crippen LogP contribution in [0.4, 0.5) is 0 Å². The molecule has 0 aliphatic carbocycles. The van der Waals surface area contributed by atoms with Gasteiger partial charge in [-0.3, -0.25) is 0 Å². The average Bonchev–Trinajstić information content (AvgIpc) is 2.69. The summed E-state index contributed by atoms with van der Waals surface area (Å²) in [6.07, 6.45) is 4.00. The van der Waals surface area contributed by atoms with Gasteiger partial charge in [0.05, 0.1) is 6.26 Å². The summed E-state index contributed by atoms with van der Waals surface area (Å²) in [4.78, 5) is 0. The first-order valence-corrected chi connectivity index (χ1v) is 5.50. The highest BCUT2D eigenvalue weighted by Crippen LogP contribution is 2.23. The molecule has 0 amide bonds. The number of benzene rings is 1. The molecular formula is C13H17NO. The molecule has 0 aliphatic heterocycles. The van der Waals surface area contributed by atoms with Gasteiger partial charge in [-0.1, -0.05) is 31.5 Å². The van der Waals surface area contributed by atoms with E-state index in [1.54, 1.807) is 0 Å². The minimum Gasteiger partial charge on any atom is -0.464 e. The SMILES string of the molecule is CCC(CN)Cc1coc2ccccc12. The number of fused-ring (bicyclic) bond motifs is 1. The fraction of sp³-hybridized carbons (Fsp3) is 0.385. The maximum absolute atomic E-state index is 5.71. The molecular weight excluding hydrogens is 186 g/mol. The van der Waals surface area contributed by atoms with Crippen molar-refractivity contribution in [1.29, 1.82) is 0 Å². The second-order valence-corrected chi connectivity index (χ2v) is 3.97. The number of nitrogens with two attached hydrogens (primary N) is 1. The van der Waals surface area contributed by atoms with Gasteiger partial charge < -0.3 is 10.2 Å². The highest BCUT2D eigenvalue weighted by molar-refractivity contribution is 5.80. The van der Waals surface area contributed by atoms with Gasteiger partial charge in [-0.25, -0.2) is 0 Å². The summed E-state index contributed by atoms with van der Waals surface area (Å²) >= 11 is 0. The molecule has 0 saturated heterocycles. The Morgan fingerprint density at radius 2 is 2.13 bits per heavy atom. The molecule has 0 radical (unpaired) electrons. The van der Waals surface area contributed by atoms with Gasteiger partial charge in [0.25, 0.3) is 0 Å². The number of rotatable bonds is 4. The molecule has 1 heterocycles. The van der Waals surface area contributed by atoms with E-state index in [1.165, 1.54) is 10.9 Å². The van der Waals surface area contributed by atoms with Crippen LogP contribution in [0.3, 0.4) is 0 Å². The van der Waals surface area contributed by atoms with E-state index in [4.69, 9.17) is 10.2 Å². The monoisotopic (exact) mass is 203 g/mol. The lowest BCUT2D eigenvalue weighted by atomic mass is 9.97. The Morgan fingerprint density at radius 3 is 2.87 bits per heavy atom. The van der Waals surface area contributed by atoms with Gasteiger partial charge >= 0.3 is 0 Å². The number of para-hydroxylation sites is 1. The molecule has 1 aromatic heterocycles. The van der Waals surface area contributed by atoms with Crippen LogP contribution in [0.25, 0.3) is 11.0 Å². The van der Waals surface area contributed by atoms with Crippen molar-refractivity contribution in [3.8, 4) is 0 Å². The van der Waals surface area contributed by atoms with Gasteiger partial charge in [-0.2, -0.15) is 0 Å². The van der Waals surface area contributed by atoms with E-state index >= 15 is 0 Å². The molecule has 0 spiro atoms. The van der Waals surface area contributed by atoms with Crippen LogP contribution in [0, 0.1) is 5.92 Å². The third kappa shape index (κ3) is 2.05. The van der Waals surface area contributed by atoms with Crippen LogP contribution in [-0.4, -0.2) is 6.54 Å². The van der Waals surface area contributed by atoms with Gasteiger partial charge in [0.2, 0.25) is 0 Å². The van der Waals surface area contributed by atoms with Gasteiger partial charge in [-0.15, -0.1) is 0 Å². The smallest absolute Gasteiger partial charge is 0.134 e. The first kappa shape index (κ1) is 10.2. The molecule has 80 valence electrons. The van der Waals surface area contributed by atoms with Crippen LogP contribution in [0.2, 0.25) is 0 Å². The Hall–Kier alpha value is -1.28. The zero-order valence-electron chi connectivity index (χ0n) is 9.07. The van der Waals surface area contributed by atoms with E-state index < -0.39 is 0 Å². The number of furan rings is 1. The Labute approximate surface area is 90.1 Å². The number of hydrogen-bond acceptors (Lipinski definition) is 2. The Morgan fingerprint density at radius 1 is 1.33 bits per heavy atom. The molecule has 0 aliphatic rings. The lowest BCUT2D eigenvalue weighted by molar-refractivity contribution is 0.514. The molecule has 2 N–H and O–H groups in total. The summed E-state index contributed by atoms with van der Waals surface area (Å²) in [7, 11) is 0. The normalized spacial score (nSPS) is 13.2. The summed E-state index contributed by atoms with van der Waals surface area (Å²) in [5.41, 5.74) is 7.97. The summed E-state index contributed by atoms with van der Waals surface area (Å²) in [6, 6.07) is 8.15. The molecule has 2 aromatic rings. The number of hydrogen-bond donors (Lipinski definition) is 1. The van der Waals surface area contributed by atoms with Crippen molar-refractivity contribution in [3.63, 3.8) is 0 Å². The lowest BCUT2D eigenvalue weighted by Gasteiger charge is -2.10. The molecule has 2 heteroatoms. The van der Waals surface area contributed by atoms with Crippen molar-refractivity contribution in [2.75, 3.05) is 6.54 Å². The molecule has 1 aromatic carbocycles. The maximum Gasteiger partial charge on any atom is 0.134 e. The van der Waals surface area contributed by atoms with E-state index in [0.717, 1.165) is 25.0 Å². The van der Waals surface area contributed by atoms with Crippen molar-refractivity contribution >= 4 is 11.0 Å². The minimum absolute atomic E-state index is 0.561. The highest BCUT2D eigenvalue weighted by atomic mass is 16.3. The molecule has 2 nitrogen and oxygen atoms in total. The van der Waals surface area contributed by atoms with Gasteiger partial charge in [0.15, 0.2) is 0 Å². The van der Waals surface area contributed by atoms with Crippen LogP contribution in [0.5, 0.6) is 0 Å². The van der Waals surface area contributed by atoms with Crippen molar-refractivity contribution in [3.05, 3.63) is 36.1 Å². The summed E-state index contributed by atoms with van der Waals surface area (Å²) in [6.45, 7) is 2.93. The second kappa shape index (κ2) is 4.49. The minimum atomic E-state index is 0.561. The fourth-order valence-corrected chi connectivity index (χ4v) is 1.90. The van der Waals surface area contributed by atoms with Crippen LogP contribution in [-0.2, 0) is 6.42 Å². The van der Waals surface area contributed by atoms with E-state index in [0.29, 0.717) is 5.92 Å². The standard InChI is InChI=1S/C13H17NO/c1-2-10(8-14)7-11-9-15-13-6-4-3-5-12(11)13/h3-6,9-10H,2,7-8,14H2,1H3. The van der Waals surface area contributed by atoms with Crippen LogP contribution >= 0.6 is 0 Å². The van der Waals surface area contributed by atoms with Crippen LogP contribution in [0.1, 0.15) is 18.9 Å². The van der Waals surface area contributed by atoms with Crippen molar-refractivity contribution in [1.82, 2.24) is 0 Å². The lowest BCUT2D eigenvalue weighted by Crippen LogP contribution is -2.15. The molecule has 0 saturated carbocycles. The first-order valence-electron chi connectivity index (χ1n) is 5.50. The fourth-order valence-electron chi connectivity index (χ4n) is 1.90. The second-order valence-electron chi connectivity index (χ2n) is 3.97. The molecule has 0 bridgehead atoms. The maximum atomic E-state index is 5.71. The summed E-state index contributed by atoms with van der Waals surface area (Å²) in [5.74, 6) is 0.561. The van der Waals surface area contributed by atoms with E-state index in [2.05, 4.69) is 13.0 Å². The third-order valence-electron chi connectivity index (χ3n) is 2.98. The highest BCUT2D eigenvalue weighted by Gasteiger charge is 2.10. The Kier molecular flexibility index (Phi) is 3.07. The van der Waals surface area contributed by atoms with E-state index in [-0.39, 0.29) is 0 Å². The largest absolute Gasteiger partial charge is 0.464 e. The predicted molar refractivity (Wildman–Crippen MR) is 62.8 cm³/mol. The first-order chi connectivity index (χ1) is 7.35. The van der Waals surface area contributed by atoms with Crippen molar-refractivity contribution in [2.24, 2.45) is 11.7 Å². The Balaban J connectivity index is 2.28. The molecule has 0 fully saturated rings. The zero-order valence-corrected chi connectivity index (χ0v) is 9.07. The molecule has 15 heavy (non-hydrogen) atoms. The predicted octanol–water partition coefficient (Wildman–Crippen LogP) is 2.96. The zero-order chi connectivity index (χ0) is 10.7. The molecule has 1 atom stereocenters. The van der Waals surface area contributed by atoms with Crippen LogP contribution < -0.4 is 5.73 Å². The van der Waals surface area contributed by atoms with Crippen molar-refractivity contribution < 1.29 is 4.42 Å². The quantitative estimate of drug-likeness (QED) is 0.829.